The average Bonchev–Trinajstić information content (AvgIpc) is 3.10. The standard InChI is InChI=1S/C21H17Cl3F3N3O/c1-2-12(19(31)21(25,26)27)13-5-6-14(23)17-18(13)30-9-3-8-29(20(30)28-17)16-7-4-11(22)10-15(16)24/h4-7,10,12H,2-3,8-9H2,1H3. The summed E-state index contributed by atoms with van der Waals surface area (Å²) in [6.45, 7) is 2.69. The summed E-state index contributed by atoms with van der Waals surface area (Å²) in [4.78, 5) is 18.7. The fraction of sp³-hybridized carbons (Fsp3) is 0.333. The lowest BCUT2D eigenvalue weighted by molar-refractivity contribution is -0.172. The van der Waals surface area contributed by atoms with Crippen LogP contribution < -0.4 is 4.90 Å². The van der Waals surface area contributed by atoms with E-state index in [-0.39, 0.29) is 12.0 Å². The number of imidazole rings is 1. The van der Waals surface area contributed by atoms with E-state index < -0.39 is 17.9 Å². The number of nitrogens with zero attached hydrogens (tertiary/aromatic N) is 3. The summed E-state index contributed by atoms with van der Waals surface area (Å²) in [5.41, 5.74) is 1.76. The maximum absolute atomic E-state index is 13.2. The number of halogens is 6. The van der Waals surface area contributed by atoms with Gasteiger partial charge in [0.1, 0.15) is 5.52 Å². The highest BCUT2D eigenvalue weighted by Crippen LogP contribution is 2.42. The minimum atomic E-state index is -4.93. The van der Waals surface area contributed by atoms with Crippen LogP contribution >= 0.6 is 34.8 Å². The largest absolute Gasteiger partial charge is 0.450 e. The summed E-state index contributed by atoms with van der Waals surface area (Å²) >= 11 is 18.8. The van der Waals surface area contributed by atoms with Crippen molar-refractivity contribution in [3.8, 4) is 0 Å². The van der Waals surface area contributed by atoms with Crippen LogP contribution in [0.5, 0.6) is 0 Å². The van der Waals surface area contributed by atoms with Gasteiger partial charge in [-0.25, -0.2) is 4.98 Å². The molecule has 0 amide bonds. The molecule has 0 spiro atoms. The van der Waals surface area contributed by atoms with Crippen molar-refractivity contribution in [1.82, 2.24) is 9.55 Å². The Hall–Kier alpha value is -1.96. The second-order valence-electron chi connectivity index (χ2n) is 7.32. The molecule has 0 saturated carbocycles. The topological polar surface area (TPSA) is 38.1 Å². The third-order valence-electron chi connectivity index (χ3n) is 5.44. The van der Waals surface area contributed by atoms with E-state index in [0.717, 1.165) is 0 Å². The molecular weight excluding hydrogens is 474 g/mol. The van der Waals surface area contributed by atoms with E-state index in [0.29, 0.717) is 57.2 Å². The van der Waals surface area contributed by atoms with Crippen LogP contribution in [-0.2, 0) is 11.3 Å². The fourth-order valence-corrected chi connectivity index (χ4v) is 4.78. The van der Waals surface area contributed by atoms with Crippen LogP contribution in [-0.4, -0.2) is 28.1 Å². The third-order valence-corrected chi connectivity index (χ3v) is 6.28. The number of alkyl halides is 3. The molecule has 1 atom stereocenters. The Kier molecular flexibility index (Phi) is 5.87. The lowest BCUT2D eigenvalue weighted by Crippen LogP contribution is -2.30. The maximum Gasteiger partial charge on any atom is 0.450 e. The Balaban J connectivity index is 1.93. The van der Waals surface area contributed by atoms with Crippen LogP contribution in [0.3, 0.4) is 0 Å². The van der Waals surface area contributed by atoms with Gasteiger partial charge < -0.3 is 9.47 Å². The van der Waals surface area contributed by atoms with Crippen molar-refractivity contribution in [1.29, 1.82) is 0 Å². The molecule has 1 unspecified atom stereocenters. The number of carbonyl (C=O) groups excluding carboxylic acids is 1. The highest BCUT2D eigenvalue weighted by Gasteiger charge is 2.44. The number of anilines is 2. The number of ketones is 1. The van der Waals surface area contributed by atoms with Crippen molar-refractivity contribution >= 4 is 63.3 Å². The van der Waals surface area contributed by atoms with Gasteiger partial charge in [0.05, 0.1) is 27.2 Å². The Bertz CT molecular complexity index is 1180. The van der Waals surface area contributed by atoms with E-state index in [1.165, 1.54) is 12.1 Å². The monoisotopic (exact) mass is 489 g/mol. The van der Waals surface area contributed by atoms with Gasteiger partial charge in [-0.3, -0.25) is 4.79 Å². The number of hydrogen-bond acceptors (Lipinski definition) is 3. The molecule has 31 heavy (non-hydrogen) atoms. The van der Waals surface area contributed by atoms with Crippen LogP contribution in [0.4, 0.5) is 24.8 Å². The van der Waals surface area contributed by atoms with E-state index in [4.69, 9.17) is 34.8 Å². The molecule has 2 aromatic carbocycles. The molecule has 0 radical (unpaired) electrons. The number of aryl methyl sites for hydroxylation is 1. The molecule has 0 saturated heterocycles. The normalized spacial score (nSPS) is 15.3. The van der Waals surface area contributed by atoms with Crippen LogP contribution in [0.25, 0.3) is 11.0 Å². The number of benzene rings is 2. The Morgan fingerprint density at radius 3 is 2.52 bits per heavy atom. The number of rotatable bonds is 4. The SMILES string of the molecule is CCC(C(=O)C(F)(F)F)c1ccc(Cl)c2nc3n(c12)CCCN3c1ccc(Cl)cc1Cl. The zero-order chi connectivity index (χ0) is 22.5. The van der Waals surface area contributed by atoms with Gasteiger partial charge in [0.2, 0.25) is 11.7 Å². The first-order chi connectivity index (χ1) is 14.6. The molecule has 3 aromatic rings. The summed E-state index contributed by atoms with van der Waals surface area (Å²) in [5.74, 6) is -2.60. The molecule has 0 aliphatic carbocycles. The van der Waals surface area contributed by atoms with Gasteiger partial charge in [-0.2, -0.15) is 13.2 Å². The number of Topliss-reactive ketones (excluding diaryl/α,β-unsaturated/α-hetero) is 1. The molecule has 10 heteroatoms. The zero-order valence-electron chi connectivity index (χ0n) is 16.3. The minimum absolute atomic E-state index is 0.00230. The van der Waals surface area contributed by atoms with Crippen molar-refractivity contribution in [3.05, 3.63) is 51.0 Å². The summed E-state index contributed by atoms with van der Waals surface area (Å²) in [7, 11) is 0. The molecule has 4 nitrogen and oxygen atoms in total. The highest BCUT2D eigenvalue weighted by molar-refractivity contribution is 6.36. The maximum atomic E-state index is 13.2. The van der Waals surface area contributed by atoms with E-state index in [9.17, 15) is 18.0 Å². The minimum Gasteiger partial charge on any atom is -0.310 e. The van der Waals surface area contributed by atoms with E-state index in [1.54, 1.807) is 25.1 Å². The van der Waals surface area contributed by atoms with Crippen molar-refractivity contribution in [2.45, 2.75) is 38.4 Å². The third kappa shape index (κ3) is 3.88. The van der Waals surface area contributed by atoms with Crippen LogP contribution in [0.2, 0.25) is 15.1 Å². The number of hydrogen-bond donors (Lipinski definition) is 0. The summed E-state index contributed by atoms with van der Waals surface area (Å²) in [6.07, 6.45) is -4.23. The van der Waals surface area contributed by atoms with Gasteiger partial charge in [-0.15, -0.1) is 0 Å². The fourth-order valence-electron chi connectivity index (χ4n) is 4.08. The second-order valence-corrected chi connectivity index (χ2v) is 8.57. The first-order valence-corrected chi connectivity index (χ1v) is 10.8. The van der Waals surface area contributed by atoms with Gasteiger partial charge in [0.15, 0.2) is 0 Å². The molecule has 1 aliphatic rings. The molecular formula is C21H17Cl3F3N3O. The summed E-state index contributed by atoms with van der Waals surface area (Å²) in [6, 6.07) is 8.07. The van der Waals surface area contributed by atoms with Gasteiger partial charge in [0.25, 0.3) is 0 Å². The first-order valence-electron chi connectivity index (χ1n) is 9.65. The van der Waals surface area contributed by atoms with E-state index in [1.807, 2.05) is 9.47 Å². The lowest BCUT2D eigenvalue weighted by Gasteiger charge is -2.30. The average molecular weight is 491 g/mol. The number of aromatic nitrogens is 2. The molecule has 2 heterocycles. The number of fused-ring (bicyclic) bond motifs is 3. The Morgan fingerprint density at radius 2 is 1.87 bits per heavy atom. The van der Waals surface area contributed by atoms with Gasteiger partial charge in [-0.1, -0.05) is 47.8 Å². The lowest BCUT2D eigenvalue weighted by atomic mass is 9.90. The van der Waals surface area contributed by atoms with E-state index >= 15 is 0 Å². The highest BCUT2D eigenvalue weighted by atomic mass is 35.5. The number of carbonyl (C=O) groups is 1. The van der Waals surface area contributed by atoms with Crippen molar-refractivity contribution in [2.75, 3.05) is 11.4 Å². The van der Waals surface area contributed by atoms with Crippen LogP contribution in [0, 0.1) is 0 Å². The quantitative estimate of drug-likeness (QED) is 0.389. The second kappa shape index (κ2) is 8.19. The predicted octanol–water partition coefficient (Wildman–Crippen LogP) is 7.16. The smallest absolute Gasteiger partial charge is 0.310 e. The van der Waals surface area contributed by atoms with Crippen LogP contribution in [0.1, 0.15) is 31.2 Å². The molecule has 1 aromatic heterocycles. The molecule has 0 bridgehead atoms. The van der Waals surface area contributed by atoms with Gasteiger partial charge in [-0.05, 0) is 42.7 Å². The molecule has 164 valence electrons. The predicted molar refractivity (Wildman–Crippen MR) is 117 cm³/mol. The van der Waals surface area contributed by atoms with Crippen LogP contribution in [0.15, 0.2) is 30.3 Å². The van der Waals surface area contributed by atoms with Crippen molar-refractivity contribution in [2.24, 2.45) is 0 Å². The zero-order valence-corrected chi connectivity index (χ0v) is 18.6. The van der Waals surface area contributed by atoms with Crippen molar-refractivity contribution < 1.29 is 18.0 Å². The van der Waals surface area contributed by atoms with Gasteiger partial charge >= 0.3 is 6.18 Å². The molecule has 4 rings (SSSR count). The van der Waals surface area contributed by atoms with Crippen molar-refractivity contribution in [3.63, 3.8) is 0 Å². The first kappa shape index (κ1) is 22.2. The summed E-state index contributed by atoms with van der Waals surface area (Å²) < 4.78 is 41.6. The van der Waals surface area contributed by atoms with Gasteiger partial charge in [0, 0.05) is 18.1 Å². The molecule has 0 fully saturated rings. The Labute approximate surface area is 191 Å². The van der Waals surface area contributed by atoms with E-state index in [2.05, 4.69) is 4.98 Å². The Morgan fingerprint density at radius 1 is 1.13 bits per heavy atom. The molecule has 0 N–H and O–H groups in total. The summed E-state index contributed by atoms with van der Waals surface area (Å²) in [5, 5.41) is 1.22. The molecule has 1 aliphatic heterocycles.